The fraction of sp³-hybridized carbons (Fsp3) is 0.190. The highest BCUT2D eigenvalue weighted by Crippen LogP contribution is 2.31. The van der Waals surface area contributed by atoms with Gasteiger partial charge in [0.25, 0.3) is 5.91 Å². The Balaban J connectivity index is 1.49. The van der Waals surface area contributed by atoms with Crippen LogP contribution in [0.2, 0.25) is 0 Å². The van der Waals surface area contributed by atoms with Crippen molar-refractivity contribution in [1.82, 2.24) is 19.7 Å². The Morgan fingerprint density at radius 2 is 1.96 bits per heavy atom. The standard InChI is InChI=1S/C21H18N4OS/c1-24-20(14-6-3-2-4-7-14)15-10-11-25(12-17(15)23-24)21(26)16-8-5-9-18-19(16)22-13-27-18/h2-9,13H,10-12H2,1H3. The highest BCUT2D eigenvalue weighted by molar-refractivity contribution is 7.16. The summed E-state index contributed by atoms with van der Waals surface area (Å²) >= 11 is 1.56. The van der Waals surface area contributed by atoms with E-state index in [-0.39, 0.29) is 5.91 Å². The molecule has 0 radical (unpaired) electrons. The van der Waals surface area contributed by atoms with Crippen LogP contribution in [0, 0.1) is 0 Å². The molecule has 4 aromatic rings. The summed E-state index contributed by atoms with van der Waals surface area (Å²) in [6.45, 7) is 1.23. The van der Waals surface area contributed by atoms with Gasteiger partial charge in [-0.2, -0.15) is 5.10 Å². The lowest BCUT2D eigenvalue weighted by atomic mass is 9.99. The van der Waals surface area contributed by atoms with Gasteiger partial charge < -0.3 is 4.90 Å². The van der Waals surface area contributed by atoms with Gasteiger partial charge in [0.05, 0.1) is 39.2 Å². The van der Waals surface area contributed by atoms with E-state index in [0.29, 0.717) is 18.7 Å². The van der Waals surface area contributed by atoms with E-state index in [4.69, 9.17) is 5.10 Å². The van der Waals surface area contributed by atoms with E-state index < -0.39 is 0 Å². The molecule has 3 heterocycles. The molecule has 6 heteroatoms. The number of nitrogens with zero attached hydrogens (tertiary/aromatic N) is 4. The van der Waals surface area contributed by atoms with E-state index in [9.17, 15) is 4.79 Å². The van der Waals surface area contributed by atoms with Gasteiger partial charge in [-0.1, -0.05) is 36.4 Å². The molecule has 2 aromatic heterocycles. The molecule has 2 aromatic carbocycles. The molecule has 27 heavy (non-hydrogen) atoms. The first kappa shape index (κ1) is 16.2. The second-order valence-corrected chi connectivity index (χ2v) is 7.63. The van der Waals surface area contributed by atoms with Crippen molar-refractivity contribution >= 4 is 27.5 Å². The maximum atomic E-state index is 13.1. The number of benzene rings is 2. The third kappa shape index (κ3) is 2.64. The van der Waals surface area contributed by atoms with E-state index in [2.05, 4.69) is 17.1 Å². The fourth-order valence-corrected chi connectivity index (χ4v) is 4.58. The van der Waals surface area contributed by atoms with Crippen LogP contribution in [0.1, 0.15) is 21.6 Å². The van der Waals surface area contributed by atoms with Crippen molar-refractivity contribution in [2.75, 3.05) is 6.54 Å². The number of rotatable bonds is 2. The maximum Gasteiger partial charge on any atom is 0.256 e. The number of carbonyl (C=O) groups is 1. The lowest BCUT2D eigenvalue weighted by Crippen LogP contribution is -2.36. The van der Waals surface area contributed by atoms with Crippen molar-refractivity contribution in [2.45, 2.75) is 13.0 Å². The first-order valence-corrected chi connectivity index (χ1v) is 9.82. The number of hydrogen-bond donors (Lipinski definition) is 0. The number of para-hydroxylation sites is 1. The molecular formula is C21H18N4OS. The van der Waals surface area contributed by atoms with Gasteiger partial charge in [0.1, 0.15) is 0 Å². The largest absolute Gasteiger partial charge is 0.332 e. The molecule has 1 aliphatic rings. The predicted octanol–water partition coefficient (Wildman–Crippen LogP) is 3.90. The number of aryl methyl sites for hydroxylation is 1. The number of fused-ring (bicyclic) bond motifs is 2. The van der Waals surface area contributed by atoms with Gasteiger partial charge in [0.15, 0.2) is 0 Å². The van der Waals surface area contributed by atoms with Crippen LogP contribution in [0.5, 0.6) is 0 Å². The normalized spacial score (nSPS) is 13.7. The van der Waals surface area contributed by atoms with E-state index in [1.54, 1.807) is 16.8 Å². The highest BCUT2D eigenvalue weighted by Gasteiger charge is 2.28. The Morgan fingerprint density at radius 1 is 1.11 bits per heavy atom. The second kappa shape index (κ2) is 6.32. The summed E-state index contributed by atoms with van der Waals surface area (Å²) in [5, 5.41) is 4.72. The van der Waals surface area contributed by atoms with E-state index in [1.807, 2.05) is 53.0 Å². The first-order valence-electron chi connectivity index (χ1n) is 8.94. The minimum atomic E-state index is 0.0315. The third-order valence-electron chi connectivity index (χ3n) is 5.13. The minimum absolute atomic E-state index is 0.0315. The number of hydrogen-bond acceptors (Lipinski definition) is 4. The summed E-state index contributed by atoms with van der Waals surface area (Å²) in [7, 11) is 1.98. The molecule has 5 rings (SSSR count). The van der Waals surface area contributed by atoms with E-state index >= 15 is 0 Å². The molecule has 0 saturated carbocycles. The first-order chi connectivity index (χ1) is 13.2. The minimum Gasteiger partial charge on any atom is -0.332 e. The van der Waals surface area contributed by atoms with Crippen molar-refractivity contribution in [3.63, 3.8) is 0 Å². The van der Waals surface area contributed by atoms with Gasteiger partial charge in [-0.15, -0.1) is 11.3 Å². The van der Waals surface area contributed by atoms with Crippen LogP contribution in [-0.2, 0) is 20.0 Å². The fourth-order valence-electron chi connectivity index (χ4n) is 3.88. The van der Waals surface area contributed by atoms with Crippen LogP contribution >= 0.6 is 11.3 Å². The molecule has 0 saturated heterocycles. The molecule has 1 amide bonds. The van der Waals surface area contributed by atoms with Crippen molar-refractivity contribution in [2.24, 2.45) is 7.05 Å². The van der Waals surface area contributed by atoms with Crippen LogP contribution in [-0.4, -0.2) is 32.1 Å². The average Bonchev–Trinajstić information content (AvgIpc) is 3.30. The molecular weight excluding hydrogens is 356 g/mol. The SMILES string of the molecule is Cn1nc2c(c1-c1ccccc1)CCN(C(=O)c1cccc3scnc13)C2. The molecule has 0 fully saturated rings. The predicted molar refractivity (Wildman–Crippen MR) is 107 cm³/mol. The van der Waals surface area contributed by atoms with Crippen molar-refractivity contribution in [3.05, 3.63) is 70.9 Å². The van der Waals surface area contributed by atoms with Crippen LogP contribution < -0.4 is 0 Å². The Kier molecular flexibility index (Phi) is 3.79. The zero-order valence-corrected chi connectivity index (χ0v) is 15.7. The van der Waals surface area contributed by atoms with Gasteiger partial charge in [-0.05, 0) is 18.6 Å². The zero-order valence-electron chi connectivity index (χ0n) is 14.9. The molecule has 1 aliphatic heterocycles. The number of amides is 1. The monoisotopic (exact) mass is 374 g/mol. The smallest absolute Gasteiger partial charge is 0.256 e. The topological polar surface area (TPSA) is 51.0 Å². The highest BCUT2D eigenvalue weighted by atomic mass is 32.1. The van der Waals surface area contributed by atoms with Crippen molar-refractivity contribution in [3.8, 4) is 11.3 Å². The van der Waals surface area contributed by atoms with Crippen LogP contribution in [0.3, 0.4) is 0 Å². The molecule has 5 nitrogen and oxygen atoms in total. The quantitative estimate of drug-likeness (QED) is 0.535. The summed E-state index contributed by atoms with van der Waals surface area (Å²) in [4.78, 5) is 19.4. The van der Waals surface area contributed by atoms with E-state index in [0.717, 1.165) is 28.0 Å². The van der Waals surface area contributed by atoms with E-state index in [1.165, 1.54) is 11.1 Å². The van der Waals surface area contributed by atoms with Crippen LogP contribution in [0.15, 0.2) is 54.0 Å². The lowest BCUT2D eigenvalue weighted by molar-refractivity contribution is 0.0734. The average molecular weight is 374 g/mol. The molecule has 0 spiro atoms. The molecule has 0 atom stereocenters. The summed E-state index contributed by atoms with van der Waals surface area (Å²) in [5.41, 5.74) is 7.82. The maximum absolute atomic E-state index is 13.1. The zero-order chi connectivity index (χ0) is 18.4. The van der Waals surface area contributed by atoms with Gasteiger partial charge in [0, 0.05) is 24.7 Å². The third-order valence-corrected chi connectivity index (χ3v) is 5.92. The number of aromatic nitrogens is 3. The Morgan fingerprint density at radius 3 is 2.81 bits per heavy atom. The summed E-state index contributed by atoms with van der Waals surface area (Å²) in [6, 6.07) is 16.1. The lowest BCUT2D eigenvalue weighted by Gasteiger charge is -2.26. The van der Waals surface area contributed by atoms with Crippen LogP contribution in [0.4, 0.5) is 0 Å². The van der Waals surface area contributed by atoms with Crippen molar-refractivity contribution in [1.29, 1.82) is 0 Å². The number of carbonyl (C=O) groups excluding carboxylic acids is 1. The van der Waals surface area contributed by atoms with Crippen molar-refractivity contribution < 1.29 is 4.79 Å². The Hall–Kier alpha value is -2.99. The Bertz CT molecular complexity index is 1150. The van der Waals surface area contributed by atoms with Crippen LogP contribution in [0.25, 0.3) is 21.5 Å². The number of thiazole rings is 1. The Labute approximate surface area is 160 Å². The molecule has 0 unspecified atom stereocenters. The van der Waals surface area contributed by atoms with Gasteiger partial charge >= 0.3 is 0 Å². The summed E-state index contributed by atoms with van der Waals surface area (Å²) < 4.78 is 2.98. The molecule has 134 valence electrons. The van der Waals surface area contributed by atoms with Gasteiger partial charge in [-0.3, -0.25) is 9.48 Å². The van der Waals surface area contributed by atoms with Gasteiger partial charge in [-0.25, -0.2) is 4.98 Å². The molecule has 0 N–H and O–H groups in total. The molecule has 0 bridgehead atoms. The summed E-state index contributed by atoms with van der Waals surface area (Å²) in [6.07, 6.45) is 0.812. The second-order valence-electron chi connectivity index (χ2n) is 6.74. The molecule has 0 aliphatic carbocycles. The summed E-state index contributed by atoms with van der Waals surface area (Å²) in [5.74, 6) is 0.0315. The van der Waals surface area contributed by atoms with Gasteiger partial charge in [0.2, 0.25) is 0 Å².